The lowest BCUT2D eigenvalue weighted by atomic mass is 10.0. The largest absolute Gasteiger partial charge is 0.489 e. The lowest BCUT2D eigenvalue weighted by molar-refractivity contribution is -0.129. The number of halogens is 1. The summed E-state index contributed by atoms with van der Waals surface area (Å²) in [6.07, 6.45) is 5.21. The van der Waals surface area contributed by atoms with Crippen molar-refractivity contribution in [2.45, 2.75) is 18.9 Å². The number of aliphatic carboxylic acids is 1. The molecule has 120 valence electrons. The zero-order valence-corrected chi connectivity index (χ0v) is 13.2. The second kappa shape index (κ2) is 6.42. The van der Waals surface area contributed by atoms with Crippen molar-refractivity contribution in [3.63, 3.8) is 0 Å². The molecule has 0 spiro atoms. The Bertz CT molecular complexity index is 736. The first-order chi connectivity index (χ1) is 11.1. The van der Waals surface area contributed by atoms with Gasteiger partial charge in [-0.05, 0) is 31.1 Å². The fourth-order valence-corrected chi connectivity index (χ4v) is 2.45. The molecule has 1 aromatic carbocycles. The van der Waals surface area contributed by atoms with Gasteiger partial charge >= 0.3 is 5.97 Å². The standard InChI is InChI=1S/C16H15ClN2O4/c1-18-8-19-14(16(20)21)10-6-9-2-5-12(23-11-3-4-11)13(17)15(9)22-7-10/h2,5-6,8,11H,3-4,7H2,1H3,(H,20,21)/b18-8-,19-14+. The molecule has 0 bridgehead atoms. The van der Waals surface area contributed by atoms with Gasteiger partial charge in [-0.1, -0.05) is 11.6 Å². The zero-order valence-electron chi connectivity index (χ0n) is 12.5. The van der Waals surface area contributed by atoms with Crippen LogP contribution in [0.1, 0.15) is 18.4 Å². The Kier molecular flexibility index (Phi) is 4.34. The highest BCUT2D eigenvalue weighted by atomic mass is 35.5. The van der Waals surface area contributed by atoms with E-state index in [-0.39, 0.29) is 18.4 Å². The molecular formula is C16H15ClN2O4. The number of hydrogen-bond acceptors (Lipinski definition) is 4. The molecule has 1 saturated carbocycles. The van der Waals surface area contributed by atoms with Gasteiger partial charge in [0.2, 0.25) is 0 Å². The predicted molar refractivity (Wildman–Crippen MR) is 88.1 cm³/mol. The first kappa shape index (κ1) is 15.6. The fourth-order valence-electron chi connectivity index (χ4n) is 2.18. The second-order valence-corrected chi connectivity index (χ2v) is 5.61. The number of aliphatic imine (C=N–C) groups is 2. The van der Waals surface area contributed by atoms with E-state index < -0.39 is 5.97 Å². The average molecular weight is 335 g/mol. The monoisotopic (exact) mass is 334 g/mol. The van der Waals surface area contributed by atoms with Crippen molar-refractivity contribution in [1.82, 2.24) is 0 Å². The van der Waals surface area contributed by atoms with Crippen molar-refractivity contribution in [3.05, 3.63) is 28.3 Å². The van der Waals surface area contributed by atoms with Gasteiger partial charge in [-0.25, -0.2) is 9.79 Å². The molecule has 6 nitrogen and oxygen atoms in total. The van der Waals surface area contributed by atoms with Crippen LogP contribution >= 0.6 is 11.6 Å². The van der Waals surface area contributed by atoms with Gasteiger partial charge in [0.1, 0.15) is 29.5 Å². The molecule has 0 aromatic heterocycles. The molecule has 1 fully saturated rings. The zero-order chi connectivity index (χ0) is 16.4. The highest BCUT2D eigenvalue weighted by molar-refractivity contribution is 6.44. The van der Waals surface area contributed by atoms with Crippen molar-refractivity contribution in [2.24, 2.45) is 9.98 Å². The summed E-state index contributed by atoms with van der Waals surface area (Å²) in [5.41, 5.74) is 1.05. The maximum atomic E-state index is 11.3. The summed E-state index contributed by atoms with van der Waals surface area (Å²) in [5, 5.41) is 9.68. The van der Waals surface area contributed by atoms with Crippen molar-refractivity contribution in [3.8, 4) is 11.5 Å². The number of carbonyl (C=O) groups is 1. The number of benzene rings is 1. The molecule has 1 heterocycles. The molecule has 0 amide bonds. The molecule has 0 saturated heterocycles. The topological polar surface area (TPSA) is 80.5 Å². The van der Waals surface area contributed by atoms with Crippen molar-refractivity contribution >= 4 is 35.7 Å². The molecule has 23 heavy (non-hydrogen) atoms. The smallest absolute Gasteiger partial charge is 0.354 e. The molecule has 0 unspecified atom stereocenters. The van der Waals surface area contributed by atoms with E-state index in [1.54, 1.807) is 18.2 Å². The van der Waals surface area contributed by atoms with Crippen LogP contribution in [0.25, 0.3) is 6.08 Å². The second-order valence-electron chi connectivity index (χ2n) is 5.23. The van der Waals surface area contributed by atoms with E-state index in [1.165, 1.54) is 13.4 Å². The molecule has 1 aliphatic heterocycles. The maximum absolute atomic E-state index is 11.3. The summed E-state index contributed by atoms with van der Waals surface area (Å²) in [4.78, 5) is 18.9. The maximum Gasteiger partial charge on any atom is 0.354 e. The number of nitrogens with zero attached hydrogens (tertiary/aromatic N) is 2. The van der Waals surface area contributed by atoms with Crippen LogP contribution in [-0.2, 0) is 4.79 Å². The third kappa shape index (κ3) is 3.37. The number of fused-ring (bicyclic) bond motifs is 1. The molecule has 0 radical (unpaired) electrons. The number of hydrogen-bond donors (Lipinski definition) is 1. The van der Waals surface area contributed by atoms with E-state index >= 15 is 0 Å². The lowest BCUT2D eigenvalue weighted by Crippen LogP contribution is -2.22. The first-order valence-corrected chi connectivity index (χ1v) is 7.52. The van der Waals surface area contributed by atoms with Crippen LogP contribution in [0, 0.1) is 0 Å². The minimum Gasteiger partial charge on any atom is -0.489 e. The van der Waals surface area contributed by atoms with E-state index in [1.807, 2.05) is 0 Å². The van der Waals surface area contributed by atoms with Gasteiger partial charge in [-0.3, -0.25) is 4.99 Å². The summed E-state index contributed by atoms with van der Waals surface area (Å²) >= 11 is 6.33. The highest BCUT2D eigenvalue weighted by Gasteiger charge is 2.27. The summed E-state index contributed by atoms with van der Waals surface area (Å²) in [7, 11) is 1.52. The summed E-state index contributed by atoms with van der Waals surface area (Å²) in [6, 6.07) is 3.57. The minimum absolute atomic E-state index is 0.0717. The molecule has 1 aliphatic carbocycles. The van der Waals surface area contributed by atoms with Crippen LogP contribution in [0.4, 0.5) is 0 Å². The first-order valence-electron chi connectivity index (χ1n) is 7.14. The molecule has 1 aromatic rings. The van der Waals surface area contributed by atoms with Crippen molar-refractivity contribution < 1.29 is 19.4 Å². The van der Waals surface area contributed by atoms with Crippen LogP contribution in [0.3, 0.4) is 0 Å². The fraction of sp³-hybridized carbons (Fsp3) is 0.312. The Morgan fingerprint density at radius 1 is 1.48 bits per heavy atom. The summed E-state index contributed by atoms with van der Waals surface area (Å²) < 4.78 is 11.4. The molecular weight excluding hydrogens is 320 g/mol. The van der Waals surface area contributed by atoms with Crippen LogP contribution in [0.15, 0.2) is 27.7 Å². The van der Waals surface area contributed by atoms with E-state index in [0.717, 1.165) is 12.8 Å². The Hall–Kier alpha value is -2.34. The van der Waals surface area contributed by atoms with Gasteiger partial charge in [-0.15, -0.1) is 0 Å². The Balaban J connectivity index is 1.94. The van der Waals surface area contributed by atoms with Crippen LogP contribution in [-0.4, -0.2) is 42.9 Å². The van der Waals surface area contributed by atoms with E-state index in [9.17, 15) is 9.90 Å². The van der Waals surface area contributed by atoms with E-state index in [2.05, 4.69) is 9.98 Å². The Labute approximate surface area is 138 Å². The van der Waals surface area contributed by atoms with Gasteiger partial charge in [0.25, 0.3) is 0 Å². The van der Waals surface area contributed by atoms with E-state index in [0.29, 0.717) is 27.7 Å². The molecule has 1 N–H and O–H groups in total. The molecule has 2 aliphatic rings. The Morgan fingerprint density at radius 2 is 2.26 bits per heavy atom. The minimum atomic E-state index is -1.14. The van der Waals surface area contributed by atoms with Crippen molar-refractivity contribution in [1.29, 1.82) is 0 Å². The lowest BCUT2D eigenvalue weighted by Gasteiger charge is -2.20. The Morgan fingerprint density at radius 3 is 2.91 bits per heavy atom. The number of carboxylic acids is 1. The third-order valence-electron chi connectivity index (χ3n) is 3.42. The average Bonchev–Trinajstić information content (AvgIpc) is 3.34. The summed E-state index contributed by atoms with van der Waals surface area (Å²) in [6.45, 7) is 0.0717. The van der Waals surface area contributed by atoms with Gasteiger partial charge in [0.15, 0.2) is 5.71 Å². The van der Waals surface area contributed by atoms with Gasteiger partial charge < -0.3 is 14.6 Å². The van der Waals surface area contributed by atoms with Crippen LogP contribution in [0.2, 0.25) is 5.02 Å². The number of carboxylic acid groups (broad SMARTS) is 1. The SMILES string of the molecule is C/N=C\N=C(\C(=O)O)C1=Cc2ccc(OC3CC3)c(Cl)c2OC1. The quantitative estimate of drug-likeness (QED) is 0.663. The molecule has 0 atom stereocenters. The van der Waals surface area contributed by atoms with E-state index in [4.69, 9.17) is 21.1 Å². The van der Waals surface area contributed by atoms with Crippen LogP contribution in [0.5, 0.6) is 11.5 Å². The highest BCUT2D eigenvalue weighted by Crippen LogP contribution is 2.42. The van der Waals surface area contributed by atoms with Gasteiger partial charge in [-0.2, -0.15) is 0 Å². The molecule has 7 heteroatoms. The summed E-state index contributed by atoms with van der Waals surface area (Å²) in [5.74, 6) is -0.0412. The predicted octanol–water partition coefficient (Wildman–Crippen LogP) is 2.84. The number of rotatable bonds is 5. The molecule has 3 rings (SSSR count). The number of ether oxygens (including phenoxy) is 2. The normalized spacial score (nSPS) is 17.5. The van der Waals surface area contributed by atoms with Crippen molar-refractivity contribution in [2.75, 3.05) is 13.7 Å². The third-order valence-corrected chi connectivity index (χ3v) is 3.78. The van der Waals surface area contributed by atoms with Crippen LogP contribution < -0.4 is 9.47 Å². The van der Waals surface area contributed by atoms with Gasteiger partial charge in [0.05, 0.1) is 6.10 Å². The van der Waals surface area contributed by atoms with Gasteiger partial charge in [0, 0.05) is 18.2 Å².